The lowest BCUT2D eigenvalue weighted by Gasteiger charge is -2.28. The van der Waals surface area contributed by atoms with Gasteiger partial charge in [-0.05, 0) is 48.2 Å². The van der Waals surface area contributed by atoms with Gasteiger partial charge in [0.25, 0.3) is 5.56 Å². The molecule has 0 amide bonds. The Morgan fingerprint density at radius 3 is 2.29 bits per heavy atom. The van der Waals surface area contributed by atoms with E-state index < -0.39 is 16.1 Å². The third-order valence-corrected chi connectivity index (χ3v) is 7.81. The van der Waals surface area contributed by atoms with Crippen LogP contribution in [0.25, 0.3) is 10.9 Å². The fraction of sp³-hybridized carbons (Fsp3) is 0.391. The molecule has 0 radical (unpaired) electrons. The fourth-order valence-electron chi connectivity index (χ4n) is 3.68. The van der Waals surface area contributed by atoms with E-state index in [1.54, 1.807) is 51.2 Å². The number of halogens is 1. The number of hydrogen-bond donors (Lipinski definition) is 0. The van der Waals surface area contributed by atoms with Crippen LogP contribution in [0.1, 0.15) is 52.0 Å². The molecule has 1 atom stereocenters. The summed E-state index contributed by atoms with van der Waals surface area (Å²) in [7, 11) is -2.19. The maximum Gasteiger partial charge on any atom is 0.261 e. The topological polar surface area (TPSA) is 72.3 Å². The molecule has 3 aromatic rings. The normalized spacial score (nSPS) is 13.7. The van der Waals surface area contributed by atoms with E-state index in [0.29, 0.717) is 21.7 Å². The van der Waals surface area contributed by atoms with E-state index in [2.05, 4.69) is 25.8 Å². The van der Waals surface area contributed by atoms with Crippen molar-refractivity contribution in [2.75, 3.05) is 6.54 Å². The van der Waals surface area contributed by atoms with Crippen LogP contribution in [0.5, 0.6) is 0 Å². The van der Waals surface area contributed by atoms with Gasteiger partial charge in [0.1, 0.15) is 5.82 Å². The Bertz CT molecular complexity index is 1280. The number of benzene rings is 2. The van der Waals surface area contributed by atoms with Crippen LogP contribution in [0.3, 0.4) is 0 Å². The van der Waals surface area contributed by atoms with Crippen LogP contribution >= 0.6 is 11.6 Å². The molecule has 1 heterocycles. The molecule has 3 rings (SSSR count). The van der Waals surface area contributed by atoms with Gasteiger partial charge in [0.2, 0.25) is 10.0 Å². The minimum atomic E-state index is -3.80. The van der Waals surface area contributed by atoms with Crippen molar-refractivity contribution in [3.63, 3.8) is 0 Å². The van der Waals surface area contributed by atoms with Crippen LogP contribution in [0, 0.1) is 0 Å². The predicted molar refractivity (Wildman–Crippen MR) is 125 cm³/mol. The van der Waals surface area contributed by atoms with Crippen molar-refractivity contribution in [2.45, 2.75) is 51.0 Å². The van der Waals surface area contributed by atoms with Crippen molar-refractivity contribution in [3.8, 4) is 0 Å². The molecule has 1 unspecified atom stereocenters. The average molecular weight is 462 g/mol. The van der Waals surface area contributed by atoms with Gasteiger partial charge >= 0.3 is 0 Å². The van der Waals surface area contributed by atoms with E-state index in [0.717, 1.165) is 5.56 Å². The highest BCUT2D eigenvalue weighted by Crippen LogP contribution is 2.29. The minimum Gasteiger partial charge on any atom is -0.298 e. The van der Waals surface area contributed by atoms with Crippen LogP contribution in [0.2, 0.25) is 5.02 Å². The summed E-state index contributed by atoms with van der Waals surface area (Å²) in [6, 6.07) is 11.2. The lowest BCUT2D eigenvalue weighted by atomic mass is 9.87. The summed E-state index contributed by atoms with van der Waals surface area (Å²) < 4.78 is 29.6. The third-order valence-electron chi connectivity index (χ3n) is 5.52. The van der Waals surface area contributed by atoms with E-state index in [1.807, 2.05) is 12.1 Å². The summed E-state index contributed by atoms with van der Waals surface area (Å²) in [5.41, 5.74) is 1.18. The van der Waals surface area contributed by atoms with Gasteiger partial charge in [-0.2, -0.15) is 4.31 Å². The molecule has 0 aliphatic carbocycles. The number of rotatable bonds is 5. The molecular weight excluding hydrogens is 434 g/mol. The molecule has 0 aliphatic rings. The lowest BCUT2D eigenvalue weighted by Crippen LogP contribution is -2.37. The number of nitrogens with zero attached hydrogens (tertiary/aromatic N) is 3. The molecule has 2 aromatic carbocycles. The third kappa shape index (κ3) is 4.40. The monoisotopic (exact) mass is 461 g/mol. The van der Waals surface area contributed by atoms with E-state index >= 15 is 0 Å². The van der Waals surface area contributed by atoms with Crippen molar-refractivity contribution in [1.29, 1.82) is 0 Å². The van der Waals surface area contributed by atoms with Crippen molar-refractivity contribution < 1.29 is 8.42 Å². The highest BCUT2D eigenvalue weighted by atomic mass is 35.5. The van der Waals surface area contributed by atoms with Gasteiger partial charge in [-0.25, -0.2) is 13.4 Å². The van der Waals surface area contributed by atoms with Crippen LogP contribution < -0.4 is 5.56 Å². The van der Waals surface area contributed by atoms with Gasteiger partial charge in [-0.1, -0.05) is 51.4 Å². The van der Waals surface area contributed by atoms with Crippen molar-refractivity contribution >= 4 is 32.5 Å². The van der Waals surface area contributed by atoms with E-state index in [-0.39, 0.29) is 22.4 Å². The Labute approximate surface area is 188 Å². The Morgan fingerprint density at radius 1 is 1.13 bits per heavy atom. The quantitative estimate of drug-likeness (QED) is 0.554. The van der Waals surface area contributed by atoms with Gasteiger partial charge in [0.15, 0.2) is 0 Å². The van der Waals surface area contributed by atoms with E-state index in [1.165, 1.54) is 8.87 Å². The number of hydrogen-bond acceptors (Lipinski definition) is 4. The van der Waals surface area contributed by atoms with Gasteiger partial charge in [-0.15, -0.1) is 0 Å². The van der Waals surface area contributed by atoms with Crippen molar-refractivity contribution in [2.24, 2.45) is 7.05 Å². The highest BCUT2D eigenvalue weighted by molar-refractivity contribution is 7.89. The number of fused-ring (bicyclic) bond motifs is 1. The van der Waals surface area contributed by atoms with Crippen LogP contribution in [0.4, 0.5) is 0 Å². The standard InChI is InChI=1S/C23H28ClN3O3S/c1-7-27(31(29,30)18-11-8-16(9-12-18)23(3,4)5)15(2)21-25-20-14-17(24)10-13-19(20)22(28)26(21)6/h8-15H,7H2,1-6H3. The highest BCUT2D eigenvalue weighted by Gasteiger charge is 2.31. The molecule has 6 nitrogen and oxygen atoms in total. The molecule has 166 valence electrons. The maximum atomic E-state index is 13.4. The van der Waals surface area contributed by atoms with Crippen LogP contribution in [-0.2, 0) is 22.5 Å². The van der Waals surface area contributed by atoms with Crippen LogP contribution in [-0.4, -0.2) is 28.8 Å². The Morgan fingerprint density at radius 2 is 1.74 bits per heavy atom. The van der Waals surface area contributed by atoms with Crippen molar-refractivity contribution in [3.05, 3.63) is 69.2 Å². The molecule has 0 fully saturated rings. The zero-order chi connectivity index (χ0) is 23.1. The Kier molecular flexibility index (Phi) is 6.33. The molecular formula is C23H28ClN3O3S. The Hall–Kier alpha value is -2.22. The molecule has 0 aliphatic heterocycles. The summed E-state index contributed by atoms with van der Waals surface area (Å²) in [5, 5.41) is 0.900. The summed E-state index contributed by atoms with van der Waals surface area (Å²) >= 11 is 6.07. The first kappa shape index (κ1) is 23.4. The second-order valence-corrected chi connectivity index (χ2v) is 11.0. The van der Waals surface area contributed by atoms with E-state index in [9.17, 15) is 13.2 Å². The average Bonchev–Trinajstić information content (AvgIpc) is 2.70. The first-order valence-corrected chi connectivity index (χ1v) is 12.0. The summed E-state index contributed by atoms with van der Waals surface area (Å²) in [4.78, 5) is 17.6. The molecule has 0 spiro atoms. The zero-order valence-corrected chi connectivity index (χ0v) is 20.3. The zero-order valence-electron chi connectivity index (χ0n) is 18.7. The summed E-state index contributed by atoms with van der Waals surface area (Å²) in [5.74, 6) is 0.358. The number of sulfonamides is 1. The predicted octanol–water partition coefficient (Wildman–Crippen LogP) is 4.66. The van der Waals surface area contributed by atoms with Gasteiger partial charge < -0.3 is 0 Å². The second-order valence-electron chi connectivity index (χ2n) is 8.65. The first-order valence-electron chi connectivity index (χ1n) is 10.2. The fourth-order valence-corrected chi connectivity index (χ4v) is 5.45. The summed E-state index contributed by atoms with van der Waals surface area (Å²) in [6.45, 7) is 9.98. The minimum absolute atomic E-state index is 0.0748. The van der Waals surface area contributed by atoms with Gasteiger partial charge in [0.05, 0.1) is 21.8 Å². The lowest BCUT2D eigenvalue weighted by molar-refractivity contribution is 0.337. The smallest absolute Gasteiger partial charge is 0.261 e. The van der Waals surface area contributed by atoms with Gasteiger partial charge in [0, 0.05) is 18.6 Å². The molecule has 0 bridgehead atoms. The maximum absolute atomic E-state index is 13.4. The van der Waals surface area contributed by atoms with Gasteiger partial charge in [-0.3, -0.25) is 9.36 Å². The second kappa shape index (κ2) is 8.37. The Balaban J connectivity index is 2.08. The van der Waals surface area contributed by atoms with E-state index in [4.69, 9.17) is 11.6 Å². The molecule has 8 heteroatoms. The molecule has 0 N–H and O–H groups in total. The molecule has 1 aromatic heterocycles. The van der Waals surface area contributed by atoms with Crippen LogP contribution in [0.15, 0.2) is 52.2 Å². The number of aromatic nitrogens is 2. The first-order chi connectivity index (χ1) is 14.4. The summed E-state index contributed by atoms with van der Waals surface area (Å²) in [6.07, 6.45) is 0. The molecule has 0 saturated heterocycles. The van der Waals surface area contributed by atoms with Crippen molar-refractivity contribution in [1.82, 2.24) is 13.9 Å². The molecule has 0 saturated carbocycles. The largest absolute Gasteiger partial charge is 0.298 e. The molecule has 31 heavy (non-hydrogen) atoms. The SMILES string of the molecule is CCN(C(C)c1nc2cc(Cl)ccc2c(=O)n1C)S(=O)(=O)c1ccc(C(C)(C)C)cc1.